The van der Waals surface area contributed by atoms with Crippen molar-refractivity contribution in [1.29, 1.82) is 0 Å². The first-order valence-electron chi connectivity index (χ1n) is 6.39. The minimum absolute atomic E-state index is 0.237. The summed E-state index contributed by atoms with van der Waals surface area (Å²) in [5.74, 6) is 0. The second-order valence-electron chi connectivity index (χ2n) is 5.65. The zero-order chi connectivity index (χ0) is 12.2. The van der Waals surface area contributed by atoms with Gasteiger partial charge in [-0.25, -0.2) is 0 Å². The largest absolute Gasteiger partial charge is 0.330 e. The van der Waals surface area contributed by atoms with Gasteiger partial charge in [-0.15, -0.1) is 0 Å². The molecule has 0 amide bonds. The molecule has 0 aromatic heterocycles. The SMILES string of the molecule is CC(N)CN1CCN(CCCN)CC1(C)C. The summed E-state index contributed by atoms with van der Waals surface area (Å²) in [7, 11) is 0. The molecule has 1 saturated heterocycles. The van der Waals surface area contributed by atoms with Crippen LogP contribution in [0.25, 0.3) is 0 Å². The molecule has 0 aromatic rings. The van der Waals surface area contributed by atoms with Gasteiger partial charge < -0.3 is 16.4 Å². The molecule has 0 spiro atoms. The Kier molecular flexibility index (Phi) is 5.18. The molecule has 1 aliphatic rings. The maximum Gasteiger partial charge on any atom is 0.0281 e. The fraction of sp³-hybridized carbons (Fsp3) is 1.00. The molecule has 4 heteroatoms. The van der Waals surface area contributed by atoms with E-state index in [4.69, 9.17) is 11.5 Å². The fourth-order valence-corrected chi connectivity index (χ4v) is 2.48. The van der Waals surface area contributed by atoms with Crippen LogP contribution >= 0.6 is 0 Å². The number of nitrogens with two attached hydrogens (primary N) is 2. The lowest BCUT2D eigenvalue weighted by Crippen LogP contribution is -2.61. The Morgan fingerprint density at radius 1 is 1.31 bits per heavy atom. The van der Waals surface area contributed by atoms with Gasteiger partial charge in [-0.3, -0.25) is 4.90 Å². The van der Waals surface area contributed by atoms with E-state index in [0.717, 1.165) is 45.7 Å². The Labute approximate surface area is 99.9 Å². The van der Waals surface area contributed by atoms with Crippen molar-refractivity contribution in [3.63, 3.8) is 0 Å². The van der Waals surface area contributed by atoms with Crippen LogP contribution in [0.15, 0.2) is 0 Å². The minimum atomic E-state index is 0.237. The highest BCUT2D eigenvalue weighted by Gasteiger charge is 2.33. The first-order valence-corrected chi connectivity index (χ1v) is 6.39. The van der Waals surface area contributed by atoms with Gasteiger partial charge in [0.15, 0.2) is 0 Å². The van der Waals surface area contributed by atoms with Crippen molar-refractivity contribution in [2.75, 3.05) is 39.3 Å². The average Bonchev–Trinajstić information content (AvgIpc) is 2.17. The molecule has 0 aromatic carbocycles. The van der Waals surface area contributed by atoms with Gasteiger partial charge in [0.05, 0.1) is 0 Å². The summed E-state index contributed by atoms with van der Waals surface area (Å²) in [4.78, 5) is 5.03. The van der Waals surface area contributed by atoms with Gasteiger partial charge in [0, 0.05) is 37.8 Å². The Hall–Kier alpha value is -0.160. The summed E-state index contributed by atoms with van der Waals surface area (Å²) in [6.45, 7) is 13.0. The second kappa shape index (κ2) is 5.96. The van der Waals surface area contributed by atoms with Crippen LogP contribution < -0.4 is 11.5 Å². The average molecular weight is 228 g/mol. The van der Waals surface area contributed by atoms with Gasteiger partial charge >= 0.3 is 0 Å². The minimum Gasteiger partial charge on any atom is -0.330 e. The molecule has 0 aliphatic carbocycles. The predicted molar refractivity (Wildman–Crippen MR) is 69.4 cm³/mol. The van der Waals surface area contributed by atoms with Gasteiger partial charge in [0.2, 0.25) is 0 Å². The highest BCUT2D eigenvalue weighted by Crippen LogP contribution is 2.20. The molecule has 1 aliphatic heterocycles. The molecule has 1 atom stereocenters. The van der Waals surface area contributed by atoms with Crippen molar-refractivity contribution in [1.82, 2.24) is 9.80 Å². The summed E-state index contributed by atoms with van der Waals surface area (Å²) >= 11 is 0. The van der Waals surface area contributed by atoms with E-state index < -0.39 is 0 Å². The van der Waals surface area contributed by atoms with Crippen molar-refractivity contribution >= 4 is 0 Å². The number of hydrogen-bond acceptors (Lipinski definition) is 4. The van der Waals surface area contributed by atoms with Crippen molar-refractivity contribution in [3.8, 4) is 0 Å². The van der Waals surface area contributed by atoms with Crippen molar-refractivity contribution in [2.24, 2.45) is 11.5 Å². The van der Waals surface area contributed by atoms with Gasteiger partial charge in [-0.1, -0.05) is 0 Å². The molecule has 1 heterocycles. The molecule has 0 radical (unpaired) electrons. The van der Waals surface area contributed by atoms with E-state index in [1.165, 1.54) is 0 Å². The fourth-order valence-electron chi connectivity index (χ4n) is 2.48. The number of rotatable bonds is 5. The van der Waals surface area contributed by atoms with Crippen molar-refractivity contribution < 1.29 is 0 Å². The Morgan fingerprint density at radius 2 is 2.00 bits per heavy atom. The lowest BCUT2D eigenvalue weighted by atomic mass is 9.98. The summed E-state index contributed by atoms with van der Waals surface area (Å²) in [6.07, 6.45) is 1.10. The monoisotopic (exact) mass is 228 g/mol. The molecule has 0 bridgehead atoms. The third-order valence-corrected chi connectivity index (χ3v) is 3.34. The van der Waals surface area contributed by atoms with Crippen LogP contribution in [0.2, 0.25) is 0 Å². The quantitative estimate of drug-likeness (QED) is 0.699. The number of hydrogen-bond donors (Lipinski definition) is 2. The van der Waals surface area contributed by atoms with Crippen molar-refractivity contribution in [2.45, 2.75) is 38.8 Å². The first-order chi connectivity index (χ1) is 7.45. The smallest absolute Gasteiger partial charge is 0.0281 e. The highest BCUT2D eigenvalue weighted by molar-refractivity contribution is 4.91. The Balaban J connectivity index is 2.45. The molecule has 1 rings (SSSR count). The normalized spacial score (nSPS) is 24.6. The van der Waals surface area contributed by atoms with Crippen LogP contribution in [0.4, 0.5) is 0 Å². The predicted octanol–water partition coefficient (Wildman–Crippen LogP) is 0.0786. The third kappa shape index (κ3) is 4.01. The van der Waals surface area contributed by atoms with Crippen LogP contribution in [0, 0.1) is 0 Å². The molecular formula is C12H28N4. The molecule has 16 heavy (non-hydrogen) atoms. The maximum absolute atomic E-state index is 5.89. The summed E-state index contributed by atoms with van der Waals surface area (Å²) in [5.41, 5.74) is 11.7. The van der Waals surface area contributed by atoms with Crippen LogP contribution in [0.1, 0.15) is 27.2 Å². The van der Waals surface area contributed by atoms with E-state index >= 15 is 0 Å². The molecule has 1 unspecified atom stereocenters. The topological polar surface area (TPSA) is 58.5 Å². The zero-order valence-corrected chi connectivity index (χ0v) is 11.1. The molecule has 96 valence electrons. The Bertz CT molecular complexity index is 203. The Morgan fingerprint density at radius 3 is 2.50 bits per heavy atom. The van der Waals surface area contributed by atoms with Crippen LogP contribution in [-0.2, 0) is 0 Å². The maximum atomic E-state index is 5.89. The second-order valence-corrected chi connectivity index (χ2v) is 5.65. The van der Waals surface area contributed by atoms with Gasteiger partial charge in [0.1, 0.15) is 0 Å². The van der Waals surface area contributed by atoms with E-state index in [1.54, 1.807) is 0 Å². The number of piperazine rings is 1. The van der Waals surface area contributed by atoms with Crippen molar-refractivity contribution in [3.05, 3.63) is 0 Å². The van der Waals surface area contributed by atoms with Crippen LogP contribution in [0.5, 0.6) is 0 Å². The van der Waals surface area contributed by atoms with E-state index in [1.807, 2.05) is 0 Å². The standard InChI is InChI=1S/C12H28N4/c1-11(14)9-16-8-7-15(6-4-5-13)10-12(16,2)3/h11H,4-10,13-14H2,1-3H3. The summed E-state index contributed by atoms with van der Waals surface area (Å²) in [6, 6.07) is 0.259. The van der Waals surface area contributed by atoms with E-state index in [0.29, 0.717) is 0 Å². The molecule has 4 nitrogen and oxygen atoms in total. The van der Waals surface area contributed by atoms with Gasteiger partial charge in [-0.05, 0) is 40.3 Å². The molecule has 0 saturated carbocycles. The van der Waals surface area contributed by atoms with Gasteiger partial charge in [-0.2, -0.15) is 0 Å². The van der Waals surface area contributed by atoms with E-state index in [2.05, 4.69) is 30.6 Å². The van der Waals surface area contributed by atoms with Crippen LogP contribution in [0.3, 0.4) is 0 Å². The van der Waals surface area contributed by atoms with Crippen LogP contribution in [-0.4, -0.2) is 60.6 Å². The first kappa shape index (κ1) is 13.9. The number of nitrogens with zero attached hydrogens (tertiary/aromatic N) is 2. The van der Waals surface area contributed by atoms with E-state index in [-0.39, 0.29) is 11.6 Å². The highest BCUT2D eigenvalue weighted by atomic mass is 15.3. The molecular weight excluding hydrogens is 200 g/mol. The summed E-state index contributed by atoms with van der Waals surface area (Å²) < 4.78 is 0. The summed E-state index contributed by atoms with van der Waals surface area (Å²) in [5, 5.41) is 0. The molecule has 4 N–H and O–H groups in total. The zero-order valence-electron chi connectivity index (χ0n) is 11.1. The lowest BCUT2D eigenvalue weighted by molar-refractivity contribution is 0.0169. The van der Waals surface area contributed by atoms with Gasteiger partial charge in [0.25, 0.3) is 0 Å². The van der Waals surface area contributed by atoms with E-state index in [9.17, 15) is 0 Å². The third-order valence-electron chi connectivity index (χ3n) is 3.34. The molecule has 1 fully saturated rings. The lowest BCUT2D eigenvalue weighted by Gasteiger charge is -2.48.